The lowest BCUT2D eigenvalue weighted by atomic mass is 10.2. The highest BCUT2D eigenvalue weighted by atomic mass is 35.5. The molecule has 1 atom stereocenters. The molecule has 2 amide bonds. The normalized spacial score (nSPS) is 11.5. The number of hydrogen-bond acceptors (Lipinski definition) is 5. The fourth-order valence-corrected chi connectivity index (χ4v) is 3.82. The van der Waals surface area contributed by atoms with Crippen LogP contribution in [0.15, 0.2) is 71.6 Å². The van der Waals surface area contributed by atoms with E-state index in [0.717, 1.165) is 4.90 Å². The highest BCUT2D eigenvalue weighted by Gasteiger charge is 2.16. The van der Waals surface area contributed by atoms with Crippen molar-refractivity contribution < 1.29 is 14.5 Å². The number of nitrogens with one attached hydrogen (secondary N) is 2. The van der Waals surface area contributed by atoms with Crippen LogP contribution in [0.3, 0.4) is 0 Å². The number of benzene rings is 3. The van der Waals surface area contributed by atoms with Crippen LogP contribution in [-0.4, -0.2) is 22.0 Å². The molecule has 2 N–H and O–H groups in total. The van der Waals surface area contributed by atoms with Crippen molar-refractivity contribution in [3.63, 3.8) is 0 Å². The molecule has 3 rings (SSSR count). The summed E-state index contributed by atoms with van der Waals surface area (Å²) in [6, 6.07) is 17.3. The Kier molecular flexibility index (Phi) is 7.74. The van der Waals surface area contributed by atoms with E-state index in [0.29, 0.717) is 21.4 Å². The summed E-state index contributed by atoms with van der Waals surface area (Å²) in [6.07, 6.45) is 0. The van der Waals surface area contributed by atoms with Gasteiger partial charge in [0.25, 0.3) is 11.6 Å². The van der Waals surface area contributed by atoms with Gasteiger partial charge in [0, 0.05) is 34.0 Å². The summed E-state index contributed by atoms with van der Waals surface area (Å²) in [7, 11) is 0. The zero-order valence-electron chi connectivity index (χ0n) is 16.7. The molecule has 0 radical (unpaired) electrons. The molecule has 0 spiro atoms. The van der Waals surface area contributed by atoms with Crippen LogP contribution in [0.25, 0.3) is 0 Å². The highest BCUT2D eigenvalue weighted by molar-refractivity contribution is 8.00. The van der Waals surface area contributed by atoms with E-state index in [1.165, 1.54) is 36.0 Å². The Hall–Kier alpha value is -3.07. The smallest absolute Gasteiger partial charge is 0.270 e. The van der Waals surface area contributed by atoms with E-state index < -0.39 is 16.1 Å². The number of hydrogen-bond donors (Lipinski definition) is 2. The van der Waals surface area contributed by atoms with Gasteiger partial charge in [-0.15, -0.1) is 11.8 Å². The first-order valence-corrected chi connectivity index (χ1v) is 10.9. The van der Waals surface area contributed by atoms with Gasteiger partial charge in [0.05, 0.1) is 20.2 Å². The van der Waals surface area contributed by atoms with Crippen molar-refractivity contribution in [3.05, 3.63) is 92.5 Å². The largest absolute Gasteiger partial charge is 0.325 e. The van der Waals surface area contributed by atoms with Crippen LogP contribution in [0.4, 0.5) is 17.1 Å². The summed E-state index contributed by atoms with van der Waals surface area (Å²) >= 11 is 13.2. The van der Waals surface area contributed by atoms with Crippen molar-refractivity contribution in [2.24, 2.45) is 0 Å². The Morgan fingerprint density at radius 2 is 1.62 bits per heavy atom. The molecule has 10 heteroatoms. The third kappa shape index (κ3) is 6.23. The van der Waals surface area contributed by atoms with Crippen LogP contribution in [0.5, 0.6) is 0 Å². The molecule has 0 aromatic heterocycles. The summed E-state index contributed by atoms with van der Waals surface area (Å²) in [6.45, 7) is 1.77. The summed E-state index contributed by atoms with van der Waals surface area (Å²) in [5, 5.41) is 16.7. The molecule has 0 heterocycles. The van der Waals surface area contributed by atoms with Crippen molar-refractivity contribution in [2.45, 2.75) is 17.1 Å². The van der Waals surface area contributed by atoms with Crippen LogP contribution < -0.4 is 10.6 Å². The molecule has 164 valence electrons. The van der Waals surface area contributed by atoms with Crippen molar-refractivity contribution >= 4 is 63.8 Å². The molecular formula is C22H17Cl2N3O4S. The van der Waals surface area contributed by atoms with E-state index in [9.17, 15) is 19.7 Å². The average Bonchev–Trinajstić information content (AvgIpc) is 2.77. The number of non-ortho nitro benzene ring substituents is 1. The summed E-state index contributed by atoms with van der Waals surface area (Å²) in [5.41, 5.74) is 1.11. The number of nitro benzene ring substituents is 1. The lowest BCUT2D eigenvalue weighted by molar-refractivity contribution is -0.384. The number of nitro groups is 1. The van der Waals surface area contributed by atoms with E-state index in [1.54, 1.807) is 49.4 Å². The molecular weight excluding hydrogens is 473 g/mol. The van der Waals surface area contributed by atoms with Gasteiger partial charge in [-0.05, 0) is 55.5 Å². The molecule has 3 aromatic rings. The minimum absolute atomic E-state index is 0.155. The number of amides is 2. The lowest BCUT2D eigenvalue weighted by Crippen LogP contribution is -2.22. The van der Waals surface area contributed by atoms with Gasteiger partial charge in [-0.1, -0.05) is 29.3 Å². The maximum Gasteiger partial charge on any atom is 0.270 e. The highest BCUT2D eigenvalue weighted by Crippen LogP contribution is 2.28. The van der Waals surface area contributed by atoms with Crippen molar-refractivity contribution in [1.82, 2.24) is 0 Å². The van der Waals surface area contributed by atoms with Gasteiger partial charge in [-0.25, -0.2) is 0 Å². The van der Waals surface area contributed by atoms with E-state index >= 15 is 0 Å². The molecule has 0 saturated heterocycles. The fourth-order valence-electron chi connectivity index (χ4n) is 2.66. The Labute approximate surface area is 198 Å². The first-order chi connectivity index (χ1) is 15.2. The second-order valence-electron chi connectivity index (χ2n) is 6.66. The predicted molar refractivity (Wildman–Crippen MR) is 128 cm³/mol. The van der Waals surface area contributed by atoms with Crippen molar-refractivity contribution in [3.8, 4) is 0 Å². The monoisotopic (exact) mass is 489 g/mol. The van der Waals surface area contributed by atoms with E-state index in [-0.39, 0.29) is 17.2 Å². The van der Waals surface area contributed by atoms with Crippen LogP contribution >= 0.6 is 35.0 Å². The predicted octanol–water partition coefficient (Wildman–Crippen LogP) is 6.27. The molecule has 7 nitrogen and oxygen atoms in total. The molecule has 0 aliphatic heterocycles. The quantitative estimate of drug-likeness (QED) is 0.231. The van der Waals surface area contributed by atoms with Gasteiger partial charge < -0.3 is 10.6 Å². The molecule has 1 unspecified atom stereocenters. The van der Waals surface area contributed by atoms with Gasteiger partial charge in [-0.2, -0.15) is 0 Å². The first kappa shape index (κ1) is 23.6. The molecule has 0 bridgehead atoms. The number of carbonyl (C=O) groups excluding carboxylic acids is 2. The summed E-state index contributed by atoms with van der Waals surface area (Å²) < 4.78 is 0. The number of halogens is 2. The van der Waals surface area contributed by atoms with Gasteiger partial charge in [0.1, 0.15) is 0 Å². The maximum absolute atomic E-state index is 12.4. The Bertz CT molecular complexity index is 1170. The number of rotatable bonds is 7. The Morgan fingerprint density at radius 3 is 2.28 bits per heavy atom. The van der Waals surface area contributed by atoms with E-state index in [4.69, 9.17) is 23.2 Å². The summed E-state index contributed by atoms with van der Waals surface area (Å²) in [5.74, 6) is -0.653. The van der Waals surface area contributed by atoms with Gasteiger partial charge in [0.15, 0.2) is 0 Å². The van der Waals surface area contributed by atoms with Crippen molar-refractivity contribution in [1.29, 1.82) is 0 Å². The molecule has 0 saturated carbocycles. The molecule has 32 heavy (non-hydrogen) atoms. The second-order valence-corrected chi connectivity index (χ2v) is 8.89. The third-order valence-corrected chi connectivity index (χ3v) is 6.15. The number of nitrogens with zero attached hydrogens (tertiary/aromatic N) is 1. The SMILES string of the molecule is CC(Sc1ccc(NC(=O)c2cccc([N+](=O)[O-])c2)cc1)C(=O)Nc1ccc(Cl)c(Cl)c1. The summed E-state index contributed by atoms with van der Waals surface area (Å²) in [4.78, 5) is 35.9. The second kappa shape index (κ2) is 10.5. The topological polar surface area (TPSA) is 101 Å². The minimum atomic E-state index is -0.554. The van der Waals surface area contributed by atoms with Crippen LogP contribution in [-0.2, 0) is 4.79 Å². The van der Waals surface area contributed by atoms with Crippen LogP contribution in [0.2, 0.25) is 10.0 Å². The molecule has 0 fully saturated rings. The standard InChI is InChI=1S/C22H17Cl2N3O4S/c1-13(21(28)26-16-7-10-19(23)20(24)12-16)32-18-8-5-15(6-9-18)25-22(29)14-3-2-4-17(11-14)27(30)31/h2-13H,1H3,(H,25,29)(H,26,28). The maximum atomic E-state index is 12.4. The fraction of sp³-hybridized carbons (Fsp3) is 0.0909. The molecule has 0 aliphatic carbocycles. The van der Waals surface area contributed by atoms with Crippen LogP contribution in [0, 0.1) is 10.1 Å². The van der Waals surface area contributed by atoms with Crippen LogP contribution in [0.1, 0.15) is 17.3 Å². The molecule has 0 aliphatic rings. The van der Waals surface area contributed by atoms with Gasteiger partial charge >= 0.3 is 0 Å². The third-order valence-electron chi connectivity index (χ3n) is 4.30. The van der Waals surface area contributed by atoms with Gasteiger partial charge in [-0.3, -0.25) is 19.7 Å². The number of carbonyl (C=O) groups is 2. The Morgan fingerprint density at radius 1 is 0.938 bits per heavy atom. The zero-order valence-corrected chi connectivity index (χ0v) is 19.0. The zero-order chi connectivity index (χ0) is 23.3. The average molecular weight is 490 g/mol. The Balaban J connectivity index is 1.58. The van der Waals surface area contributed by atoms with E-state index in [1.807, 2.05) is 0 Å². The minimum Gasteiger partial charge on any atom is -0.325 e. The lowest BCUT2D eigenvalue weighted by Gasteiger charge is -2.13. The van der Waals surface area contributed by atoms with Crippen molar-refractivity contribution in [2.75, 3.05) is 10.6 Å². The van der Waals surface area contributed by atoms with Gasteiger partial charge in [0.2, 0.25) is 5.91 Å². The number of thioether (sulfide) groups is 1. The molecule has 3 aromatic carbocycles. The number of anilines is 2. The first-order valence-electron chi connectivity index (χ1n) is 9.31. The van der Waals surface area contributed by atoms with E-state index in [2.05, 4.69) is 10.6 Å².